The third kappa shape index (κ3) is 3.28. The number of aromatic nitrogens is 2. The fourth-order valence-corrected chi connectivity index (χ4v) is 4.18. The normalized spacial score (nSPS) is 27.7. The molecule has 1 aromatic heterocycles. The molecule has 1 aliphatic heterocycles. The minimum atomic E-state index is 0.138. The Labute approximate surface area is 133 Å². The van der Waals surface area contributed by atoms with Crippen molar-refractivity contribution in [2.45, 2.75) is 71.0 Å². The van der Waals surface area contributed by atoms with Crippen LogP contribution in [0.2, 0.25) is 0 Å². The molecular weight excluding hydrogens is 276 g/mol. The molecule has 5 nitrogen and oxygen atoms in total. The summed E-state index contributed by atoms with van der Waals surface area (Å²) in [6.45, 7) is 5.82. The largest absolute Gasteiger partial charge is 0.338 e. The maximum absolute atomic E-state index is 12.5. The molecule has 1 N–H and O–H groups in total. The average Bonchev–Trinajstić information content (AvgIpc) is 3.05. The van der Waals surface area contributed by atoms with Crippen molar-refractivity contribution < 1.29 is 4.79 Å². The second-order valence-corrected chi connectivity index (χ2v) is 6.97. The molecule has 2 heterocycles. The van der Waals surface area contributed by atoms with Crippen molar-refractivity contribution in [3.05, 3.63) is 18.0 Å². The van der Waals surface area contributed by atoms with Crippen LogP contribution in [-0.4, -0.2) is 39.3 Å². The maximum atomic E-state index is 12.5. The standard InChI is InChI=1S/C17H28N4O/c1-13-11-19-20(12-13)9-5-8-18-17(22)21-14(2)10-15-6-3-4-7-16(15)21/h11-12,14-16H,3-10H2,1-2H3,(H,18,22). The number of carbonyl (C=O) groups is 1. The first-order valence-corrected chi connectivity index (χ1v) is 8.70. The lowest BCUT2D eigenvalue weighted by molar-refractivity contribution is 0.156. The van der Waals surface area contributed by atoms with Gasteiger partial charge in [-0.3, -0.25) is 4.68 Å². The number of amides is 2. The van der Waals surface area contributed by atoms with Crippen LogP contribution < -0.4 is 5.32 Å². The van der Waals surface area contributed by atoms with Gasteiger partial charge in [0.2, 0.25) is 0 Å². The van der Waals surface area contributed by atoms with Crippen LogP contribution in [-0.2, 0) is 6.54 Å². The van der Waals surface area contributed by atoms with Gasteiger partial charge in [0.25, 0.3) is 0 Å². The van der Waals surface area contributed by atoms with E-state index in [-0.39, 0.29) is 6.03 Å². The van der Waals surface area contributed by atoms with Crippen LogP contribution in [0.5, 0.6) is 0 Å². The summed E-state index contributed by atoms with van der Waals surface area (Å²) in [6.07, 6.45) is 11.1. The molecule has 0 spiro atoms. The molecule has 2 amide bonds. The summed E-state index contributed by atoms with van der Waals surface area (Å²) >= 11 is 0. The lowest BCUT2D eigenvalue weighted by atomic mass is 9.85. The molecule has 3 rings (SSSR count). The molecule has 122 valence electrons. The number of nitrogens with zero attached hydrogens (tertiary/aromatic N) is 3. The van der Waals surface area contributed by atoms with Crippen LogP contribution in [0, 0.1) is 12.8 Å². The van der Waals surface area contributed by atoms with E-state index in [0.29, 0.717) is 12.1 Å². The summed E-state index contributed by atoms with van der Waals surface area (Å²) in [4.78, 5) is 14.6. The van der Waals surface area contributed by atoms with Crippen molar-refractivity contribution in [1.29, 1.82) is 0 Å². The molecule has 22 heavy (non-hydrogen) atoms. The zero-order chi connectivity index (χ0) is 15.5. The number of likely N-dealkylation sites (tertiary alicyclic amines) is 1. The molecule has 5 heteroatoms. The van der Waals surface area contributed by atoms with Gasteiger partial charge in [0.1, 0.15) is 0 Å². The van der Waals surface area contributed by atoms with Crippen LogP contribution in [0.3, 0.4) is 0 Å². The van der Waals surface area contributed by atoms with Gasteiger partial charge in [0, 0.05) is 31.4 Å². The fraction of sp³-hybridized carbons (Fsp3) is 0.765. The summed E-state index contributed by atoms with van der Waals surface area (Å²) in [5, 5.41) is 7.38. The van der Waals surface area contributed by atoms with Crippen molar-refractivity contribution in [3.8, 4) is 0 Å². The predicted octanol–water partition coefficient (Wildman–Crippen LogP) is 2.94. The predicted molar refractivity (Wildman–Crippen MR) is 86.6 cm³/mol. The van der Waals surface area contributed by atoms with Gasteiger partial charge in [-0.1, -0.05) is 12.8 Å². The Balaban J connectivity index is 1.45. The van der Waals surface area contributed by atoms with E-state index >= 15 is 0 Å². The molecule has 1 aliphatic carbocycles. The lowest BCUT2D eigenvalue weighted by Crippen LogP contribution is -2.48. The van der Waals surface area contributed by atoms with Gasteiger partial charge in [-0.05, 0) is 51.0 Å². The Bertz CT molecular complexity index is 513. The van der Waals surface area contributed by atoms with Crippen molar-refractivity contribution >= 4 is 6.03 Å². The second kappa shape index (κ2) is 6.71. The SMILES string of the molecule is Cc1cnn(CCCNC(=O)N2C(C)CC3CCCCC32)c1. The molecule has 0 radical (unpaired) electrons. The van der Waals surface area contributed by atoms with Crippen LogP contribution >= 0.6 is 0 Å². The number of carbonyl (C=O) groups excluding carboxylic acids is 1. The van der Waals surface area contributed by atoms with Gasteiger partial charge in [-0.25, -0.2) is 4.79 Å². The van der Waals surface area contributed by atoms with Gasteiger partial charge in [0.05, 0.1) is 6.20 Å². The molecule has 1 saturated heterocycles. The van der Waals surface area contributed by atoms with E-state index in [9.17, 15) is 4.79 Å². The Hall–Kier alpha value is -1.52. The molecule has 3 unspecified atom stereocenters. The summed E-state index contributed by atoms with van der Waals surface area (Å²) < 4.78 is 1.94. The number of hydrogen-bond donors (Lipinski definition) is 1. The Morgan fingerprint density at radius 3 is 3.00 bits per heavy atom. The highest BCUT2D eigenvalue weighted by atomic mass is 16.2. The molecule has 3 atom stereocenters. The topological polar surface area (TPSA) is 50.2 Å². The van der Waals surface area contributed by atoms with Crippen molar-refractivity contribution in [3.63, 3.8) is 0 Å². The number of aryl methyl sites for hydroxylation is 2. The highest BCUT2D eigenvalue weighted by molar-refractivity contribution is 5.75. The molecule has 0 aromatic carbocycles. The van der Waals surface area contributed by atoms with Crippen LogP contribution in [0.15, 0.2) is 12.4 Å². The molecule has 1 saturated carbocycles. The van der Waals surface area contributed by atoms with Gasteiger partial charge < -0.3 is 10.2 Å². The minimum Gasteiger partial charge on any atom is -0.338 e. The zero-order valence-corrected chi connectivity index (χ0v) is 13.8. The summed E-state index contributed by atoms with van der Waals surface area (Å²) in [5.41, 5.74) is 1.18. The van der Waals surface area contributed by atoms with E-state index in [1.54, 1.807) is 0 Å². The maximum Gasteiger partial charge on any atom is 0.317 e. The number of rotatable bonds is 4. The summed E-state index contributed by atoms with van der Waals surface area (Å²) in [7, 11) is 0. The van der Waals surface area contributed by atoms with Gasteiger partial charge in [0.15, 0.2) is 0 Å². The van der Waals surface area contributed by atoms with E-state index in [1.807, 2.05) is 24.0 Å². The third-order valence-electron chi connectivity index (χ3n) is 5.18. The Kier molecular flexibility index (Phi) is 4.69. The Morgan fingerprint density at radius 2 is 2.23 bits per heavy atom. The fourth-order valence-electron chi connectivity index (χ4n) is 4.18. The minimum absolute atomic E-state index is 0.138. The Morgan fingerprint density at radius 1 is 1.41 bits per heavy atom. The monoisotopic (exact) mass is 304 g/mol. The lowest BCUT2D eigenvalue weighted by Gasteiger charge is -2.33. The van der Waals surface area contributed by atoms with Crippen molar-refractivity contribution in [1.82, 2.24) is 20.0 Å². The van der Waals surface area contributed by atoms with E-state index in [0.717, 1.165) is 25.4 Å². The second-order valence-electron chi connectivity index (χ2n) is 6.97. The zero-order valence-electron chi connectivity index (χ0n) is 13.8. The van der Waals surface area contributed by atoms with Gasteiger partial charge in [-0.2, -0.15) is 5.10 Å². The highest BCUT2D eigenvalue weighted by Gasteiger charge is 2.42. The van der Waals surface area contributed by atoms with Crippen molar-refractivity contribution in [2.24, 2.45) is 5.92 Å². The van der Waals surface area contributed by atoms with E-state index in [4.69, 9.17) is 0 Å². The van der Waals surface area contributed by atoms with E-state index in [1.165, 1.54) is 37.7 Å². The van der Waals surface area contributed by atoms with Gasteiger partial charge >= 0.3 is 6.03 Å². The molecular formula is C17H28N4O. The molecule has 2 aliphatic rings. The number of urea groups is 1. The summed E-state index contributed by atoms with van der Waals surface area (Å²) in [6, 6.07) is 1.01. The number of hydrogen-bond acceptors (Lipinski definition) is 2. The van der Waals surface area contributed by atoms with Crippen LogP contribution in [0.1, 0.15) is 51.0 Å². The quantitative estimate of drug-likeness (QED) is 0.870. The molecule has 1 aromatic rings. The third-order valence-corrected chi connectivity index (χ3v) is 5.18. The molecule has 0 bridgehead atoms. The van der Waals surface area contributed by atoms with Crippen LogP contribution in [0.4, 0.5) is 4.79 Å². The first-order chi connectivity index (χ1) is 10.6. The van der Waals surface area contributed by atoms with E-state index < -0.39 is 0 Å². The smallest absolute Gasteiger partial charge is 0.317 e. The first kappa shape index (κ1) is 15.4. The molecule has 2 fully saturated rings. The average molecular weight is 304 g/mol. The van der Waals surface area contributed by atoms with Crippen molar-refractivity contribution in [2.75, 3.05) is 6.54 Å². The summed E-state index contributed by atoms with van der Waals surface area (Å²) in [5.74, 6) is 0.738. The van der Waals surface area contributed by atoms with Crippen LogP contribution in [0.25, 0.3) is 0 Å². The number of nitrogens with one attached hydrogen (secondary N) is 1. The number of fused-ring (bicyclic) bond motifs is 1. The highest BCUT2D eigenvalue weighted by Crippen LogP contribution is 2.39. The van der Waals surface area contributed by atoms with Gasteiger partial charge in [-0.15, -0.1) is 0 Å². The first-order valence-electron chi connectivity index (χ1n) is 8.70. The van der Waals surface area contributed by atoms with E-state index in [2.05, 4.69) is 22.2 Å².